The van der Waals surface area contributed by atoms with Gasteiger partial charge in [-0.3, -0.25) is 4.90 Å². The van der Waals surface area contributed by atoms with Gasteiger partial charge in [0.2, 0.25) is 0 Å². The predicted octanol–water partition coefficient (Wildman–Crippen LogP) is 2.70. The maximum absolute atomic E-state index is 12.4. The van der Waals surface area contributed by atoms with Crippen molar-refractivity contribution < 1.29 is 18.0 Å². The molecule has 1 aliphatic heterocycles. The number of likely N-dealkylation sites (tertiary alicyclic amines) is 1. The van der Waals surface area contributed by atoms with E-state index in [4.69, 9.17) is 0 Å². The first kappa shape index (κ1) is 18.1. The summed E-state index contributed by atoms with van der Waals surface area (Å²) in [6.45, 7) is 8.44. The minimum absolute atomic E-state index is 0.109. The third kappa shape index (κ3) is 7.02. The molecule has 7 heteroatoms. The molecule has 0 aliphatic carbocycles. The van der Waals surface area contributed by atoms with Gasteiger partial charge in [0.05, 0.1) is 6.54 Å². The van der Waals surface area contributed by atoms with Crippen LogP contribution >= 0.6 is 0 Å². The van der Waals surface area contributed by atoms with Crippen LogP contribution in [0, 0.1) is 5.92 Å². The summed E-state index contributed by atoms with van der Waals surface area (Å²) >= 11 is 0. The van der Waals surface area contributed by atoms with Gasteiger partial charge in [-0.05, 0) is 39.7 Å². The molecule has 0 aromatic carbocycles. The number of nitrogens with one attached hydrogen (secondary N) is 1. The lowest BCUT2D eigenvalue weighted by molar-refractivity contribution is -0.146. The molecule has 0 aromatic heterocycles. The fraction of sp³-hybridized carbons (Fsp3) is 0.929. The van der Waals surface area contributed by atoms with Crippen LogP contribution in [0.4, 0.5) is 18.0 Å². The highest BCUT2D eigenvalue weighted by Gasteiger charge is 2.33. The van der Waals surface area contributed by atoms with Crippen molar-refractivity contribution in [3.63, 3.8) is 0 Å². The molecule has 1 N–H and O–H groups in total. The Balaban J connectivity index is 2.45. The summed E-state index contributed by atoms with van der Waals surface area (Å²) in [4.78, 5) is 15.1. The van der Waals surface area contributed by atoms with Gasteiger partial charge in [-0.25, -0.2) is 4.79 Å². The Hall–Kier alpha value is -0.980. The van der Waals surface area contributed by atoms with Crippen LogP contribution in [0.5, 0.6) is 0 Å². The number of hydrogen-bond acceptors (Lipinski definition) is 2. The first-order chi connectivity index (χ1) is 9.50. The van der Waals surface area contributed by atoms with E-state index in [0.29, 0.717) is 26.2 Å². The third-order valence-corrected chi connectivity index (χ3v) is 3.42. The van der Waals surface area contributed by atoms with Crippen molar-refractivity contribution in [1.29, 1.82) is 0 Å². The molecule has 1 saturated heterocycles. The molecular formula is C14H26F3N3O. The number of halogens is 3. The molecular weight excluding hydrogens is 283 g/mol. The van der Waals surface area contributed by atoms with Crippen LogP contribution in [0.15, 0.2) is 0 Å². The topological polar surface area (TPSA) is 35.6 Å². The SMILES string of the molecule is CCN(C[C@@H]1CCN(C(=O)NC(C)(C)C)C1)CC(F)(F)F. The van der Waals surface area contributed by atoms with E-state index in [1.165, 1.54) is 4.90 Å². The van der Waals surface area contributed by atoms with Gasteiger partial charge in [0.15, 0.2) is 0 Å². The van der Waals surface area contributed by atoms with Crippen LogP contribution in [0.25, 0.3) is 0 Å². The molecule has 0 bridgehead atoms. The lowest BCUT2D eigenvalue weighted by Crippen LogP contribution is -2.48. The van der Waals surface area contributed by atoms with E-state index in [0.717, 1.165) is 6.42 Å². The van der Waals surface area contributed by atoms with Crippen LogP contribution in [-0.2, 0) is 0 Å². The van der Waals surface area contributed by atoms with Crippen molar-refractivity contribution in [3.8, 4) is 0 Å². The van der Waals surface area contributed by atoms with Crippen molar-refractivity contribution in [2.24, 2.45) is 5.92 Å². The molecule has 1 rings (SSSR count). The molecule has 1 fully saturated rings. The summed E-state index contributed by atoms with van der Waals surface area (Å²) in [6, 6.07) is -0.135. The molecule has 0 spiro atoms. The van der Waals surface area contributed by atoms with Gasteiger partial charge in [0, 0.05) is 25.2 Å². The monoisotopic (exact) mass is 309 g/mol. The zero-order chi connectivity index (χ0) is 16.3. The van der Waals surface area contributed by atoms with Crippen molar-refractivity contribution in [3.05, 3.63) is 0 Å². The van der Waals surface area contributed by atoms with Gasteiger partial charge in [-0.1, -0.05) is 6.92 Å². The molecule has 1 aliphatic rings. The molecule has 0 aromatic rings. The molecule has 0 saturated carbocycles. The summed E-state index contributed by atoms with van der Waals surface area (Å²) < 4.78 is 37.3. The van der Waals surface area contributed by atoms with Crippen molar-refractivity contribution in [1.82, 2.24) is 15.1 Å². The molecule has 124 valence electrons. The molecule has 1 atom stereocenters. The van der Waals surface area contributed by atoms with E-state index in [-0.39, 0.29) is 17.5 Å². The number of nitrogens with zero attached hydrogens (tertiary/aromatic N) is 2. The highest BCUT2D eigenvalue weighted by molar-refractivity contribution is 5.75. The summed E-state index contributed by atoms with van der Waals surface area (Å²) in [7, 11) is 0. The van der Waals surface area contributed by atoms with Crippen molar-refractivity contribution in [2.45, 2.75) is 45.8 Å². The quantitative estimate of drug-likeness (QED) is 0.866. The fourth-order valence-corrected chi connectivity index (χ4v) is 2.49. The van der Waals surface area contributed by atoms with Crippen LogP contribution in [-0.4, -0.2) is 60.3 Å². The van der Waals surface area contributed by atoms with Gasteiger partial charge < -0.3 is 10.2 Å². The number of urea groups is 1. The van der Waals surface area contributed by atoms with Crippen LogP contribution in [0.3, 0.4) is 0 Å². The zero-order valence-electron chi connectivity index (χ0n) is 13.3. The minimum Gasteiger partial charge on any atom is -0.333 e. The summed E-state index contributed by atoms with van der Waals surface area (Å²) in [5.74, 6) is 0.109. The van der Waals surface area contributed by atoms with Gasteiger partial charge >= 0.3 is 12.2 Å². The van der Waals surface area contributed by atoms with E-state index >= 15 is 0 Å². The van der Waals surface area contributed by atoms with E-state index in [9.17, 15) is 18.0 Å². The molecule has 2 amide bonds. The van der Waals surface area contributed by atoms with E-state index < -0.39 is 12.7 Å². The molecule has 1 heterocycles. The average Bonchev–Trinajstić information content (AvgIpc) is 2.72. The molecule has 4 nitrogen and oxygen atoms in total. The van der Waals surface area contributed by atoms with E-state index in [2.05, 4.69) is 5.32 Å². The Morgan fingerprint density at radius 3 is 2.43 bits per heavy atom. The number of carbonyl (C=O) groups is 1. The average molecular weight is 309 g/mol. The zero-order valence-corrected chi connectivity index (χ0v) is 13.3. The number of carbonyl (C=O) groups excluding carboxylic acids is 1. The van der Waals surface area contributed by atoms with Crippen LogP contribution in [0.2, 0.25) is 0 Å². The fourth-order valence-electron chi connectivity index (χ4n) is 2.49. The van der Waals surface area contributed by atoms with Crippen molar-refractivity contribution in [2.75, 3.05) is 32.7 Å². The highest BCUT2D eigenvalue weighted by Crippen LogP contribution is 2.21. The Bertz CT molecular complexity index is 352. The predicted molar refractivity (Wildman–Crippen MR) is 76.1 cm³/mol. The second kappa shape index (κ2) is 6.85. The Kier molecular flexibility index (Phi) is 5.90. The Morgan fingerprint density at radius 2 is 1.95 bits per heavy atom. The highest BCUT2D eigenvalue weighted by atomic mass is 19.4. The standard InChI is InChI=1S/C14H26F3N3O/c1-5-19(10-14(15,16)17)8-11-6-7-20(9-11)12(21)18-13(2,3)4/h11H,5-10H2,1-4H3,(H,18,21)/t11-/m0/s1. The summed E-state index contributed by atoms with van der Waals surface area (Å²) in [6.07, 6.45) is -3.41. The second-order valence-electron chi connectivity index (χ2n) is 6.72. The lowest BCUT2D eigenvalue weighted by Gasteiger charge is -2.27. The number of rotatable bonds is 4. The number of alkyl halides is 3. The van der Waals surface area contributed by atoms with Gasteiger partial charge in [-0.15, -0.1) is 0 Å². The summed E-state index contributed by atoms with van der Waals surface area (Å²) in [5, 5.41) is 2.88. The molecule has 0 unspecified atom stereocenters. The maximum atomic E-state index is 12.4. The van der Waals surface area contributed by atoms with E-state index in [1.807, 2.05) is 20.8 Å². The maximum Gasteiger partial charge on any atom is 0.401 e. The largest absolute Gasteiger partial charge is 0.401 e. The van der Waals surface area contributed by atoms with Gasteiger partial charge in [0.1, 0.15) is 0 Å². The molecule has 21 heavy (non-hydrogen) atoms. The van der Waals surface area contributed by atoms with Crippen molar-refractivity contribution >= 4 is 6.03 Å². The van der Waals surface area contributed by atoms with E-state index in [1.54, 1.807) is 11.8 Å². The normalized spacial score (nSPS) is 20.2. The number of amides is 2. The Morgan fingerprint density at radius 1 is 1.33 bits per heavy atom. The summed E-state index contributed by atoms with van der Waals surface area (Å²) in [5.41, 5.74) is -0.305. The number of hydrogen-bond donors (Lipinski definition) is 1. The molecule has 0 radical (unpaired) electrons. The van der Waals surface area contributed by atoms with Gasteiger partial charge in [0.25, 0.3) is 0 Å². The van der Waals surface area contributed by atoms with Crippen LogP contribution in [0.1, 0.15) is 34.1 Å². The minimum atomic E-state index is -4.17. The Labute approximate surface area is 124 Å². The first-order valence-corrected chi connectivity index (χ1v) is 7.36. The third-order valence-electron chi connectivity index (χ3n) is 3.42. The smallest absolute Gasteiger partial charge is 0.333 e. The van der Waals surface area contributed by atoms with Crippen LogP contribution < -0.4 is 5.32 Å². The second-order valence-corrected chi connectivity index (χ2v) is 6.72. The first-order valence-electron chi connectivity index (χ1n) is 7.36. The van der Waals surface area contributed by atoms with Gasteiger partial charge in [-0.2, -0.15) is 13.2 Å². The lowest BCUT2D eigenvalue weighted by atomic mass is 10.1.